The number of urea groups is 1. The Hall–Kier alpha value is -2.73. The Morgan fingerprint density at radius 2 is 1.93 bits per heavy atom. The third-order valence-electron chi connectivity index (χ3n) is 5.19. The van der Waals surface area contributed by atoms with Crippen LogP contribution >= 0.6 is 0 Å². The fourth-order valence-corrected chi connectivity index (χ4v) is 3.49. The Kier molecular flexibility index (Phi) is 7.36. The first-order valence-electron chi connectivity index (χ1n) is 10.1. The number of nitrogens with one attached hydrogen (secondary N) is 1. The number of hydrogen-bond donors (Lipinski definition) is 1. The van der Waals surface area contributed by atoms with E-state index in [0.717, 1.165) is 42.0 Å². The van der Waals surface area contributed by atoms with Gasteiger partial charge in [-0.2, -0.15) is 0 Å². The molecule has 6 heteroatoms. The molecule has 0 aliphatic carbocycles. The second-order valence-electron chi connectivity index (χ2n) is 7.55. The molecule has 0 saturated carbocycles. The van der Waals surface area contributed by atoms with E-state index in [2.05, 4.69) is 22.3 Å². The van der Waals surface area contributed by atoms with Crippen molar-refractivity contribution in [3.8, 4) is 5.75 Å². The number of nitrogens with zero attached hydrogens (tertiary/aromatic N) is 2. The number of amides is 2. The molecule has 1 atom stereocenters. The van der Waals surface area contributed by atoms with Crippen LogP contribution in [0.15, 0.2) is 48.5 Å². The molecule has 6 nitrogen and oxygen atoms in total. The van der Waals surface area contributed by atoms with E-state index in [9.17, 15) is 4.79 Å². The van der Waals surface area contributed by atoms with Crippen LogP contribution in [0.1, 0.15) is 24.0 Å². The first kappa shape index (κ1) is 21.0. The minimum atomic E-state index is -0.0944. The number of ether oxygens (including phenoxy) is 2. The van der Waals surface area contributed by atoms with Crippen molar-refractivity contribution in [2.75, 3.05) is 39.3 Å². The molecule has 2 aromatic rings. The molecular formula is C23H31N3O3. The van der Waals surface area contributed by atoms with Crippen molar-refractivity contribution < 1.29 is 14.3 Å². The highest BCUT2D eigenvalue weighted by Gasteiger charge is 2.23. The van der Waals surface area contributed by atoms with Crippen LogP contribution in [0.5, 0.6) is 5.75 Å². The molecule has 156 valence electrons. The van der Waals surface area contributed by atoms with Crippen LogP contribution in [-0.2, 0) is 17.8 Å². The van der Waals surface area contributed by atoms with Crippen LogP contribution in [0.2, 0.25) is 0 Å². The lowest BCUT2D eigenvalue weighted by Crippen LogP contribution is -2.43. The first-order valence-corrected chi connectivity index (χ1v) is 10.1. The molecule has 1 aliphatic rings. The summed E-state index contributed by atoms with van der Waals surface area (Å²) in [5, 5.41) is 3.06. The van der Waals surface area contributed by atoms with Crippen molar-refractivity contribution in [2.45, 2.75) is 32.0 Å². The predicted octanol–water partition coefficient (Wildman–Crippen LogP) is 3.65. The van der Waals surface area contributed by atoms with Crippen LogP contribution in [0.3, 0.4) is 0 Å². The maximum absolute atomic E-state index is 13.0. The molecule has 0 radical (unpaired) electrons. The van der Waals surface area contributed by atoms with E-state index in [1.54, 1.807) is 7.11 Å². The number of rotatable bonds is 8. The van der Waals surface area contributed by atoms with Crippen molar-refractivity contribution in [3.63, 3.8) is 0 Å². The van der Waals surface area contributed by atoms with Gasteiger partial charge in [-0.3, -0.25) is 0 Å². The number of anilines is 1. The molecule has 1 fully saturated rings. The number of para-hydroxylation sites is 1. The topological polar surface area (TPSA) is 54.0 Å². The second kappa shape index (κ2) is 10.2. The molecule has 1 N–H and O–H groups in total. The average molecular weight is 398 g/mol. The zero-order chi connectivity index (χ0) is 20.6. The smallest absolute Gasteiger partial charge is 0.318 e. The monoisotopic (exact) mass is 397 g/mol. The molecule has 2 amide bonds. The second-order valence-corrected chi connectivity index (χ2v) is 7.55. The predicted molar refractivity (Wildman–Crippen MR) is 115 cm³/mol. The zero-order valence-corrected chi connectivity index (χ0v) is 17.6. The van der Waals surface area contributed by atoms with E-state index in [1.807, 2.05) is 55.4 Å². The molecule has 0 spiro atoms. The third kappa shape index (κ3) is 5.87. The Bertz CT molecular complexity index is 786. The number of methoxy groups -OCH3 is 1. The van der Waals surface area contributed by atoms with Gasteiger partial charge in [0.25, 0.3) is 0 Å². The number of hydrogen-bond acceptors (Lipinski definition) is 4. The summed E-state index contributed by atoms with van der Waals surface area (Å²) in [5.41, 5.74) is 3.19. The van der Waals surface area contributed by atoms with Crippen molar-refractivity contribution in [2.24, 2.45) is 0 Å². The number of benzene rings is 2. The molecule has 2 aromatic carbocycles. The molecule has 29 heavy (non-hydrogen) atoms. The Balaban J connectivity index is 1.66. The molecule has 1 saturated heterocycles. The SMILES string of the molecule is COc1ccccc1CN(CC1CCCO1)C(=O)NCc1ccc(N(C)C)cc1. The zero-order valence-electron chi connectivity index (χ0n) is 17.6. The van der Waals surface area contributed by atoms with E-state index >= 15 is 0 Å². The third-order valence-corrected chi connectivity index (χ3v) is 5.19. The summed E-state index contributed by atoms with van der Waals surface area (Å²) >= 11 is 0. The van der Waals surface area contributed by atoms with E-state index in [1.165, 1.54) is 0 Å². The lowest BCUT2D eigenvalue weighted by atomic mass is 10.1. The van der Waals surface area contributed by atoms with Gasteiger partial charge in [-0.25, -0.2) is 4.79 Å². The number of carbonyl (C=O) groups excluding carboxylic acids is 1. The molecule has 3 rings (SSSR count). The standard InChI is InChI=1S/C23H31N3O3/c1-25(2)20-12-10-18(11-13-20)15-24-23(27)26(17-21-8-6-14-29-21)16-19-7-4-5-9-22(19)28-3/h4-5,7,9-13,21H,6,8,14-17H2,1-3H3,(H,24,27). The van der Waals surface area contributed by atoms with Crippen LogP contribution in [0.4, 0.5) is 10.5 Å². The summed E-state index contributed by atoms with van der Waals surface area (Å²) in [6.07, 6.45) is 2.13. The largest absolute Gasteiger partial charge is 0.496 e. The molecule has 1 unspecified atom stereocenters. The highest BCUT2D eigenvalue weighted by Crippen LogP contribution is 2.21. The highest BCUT2D eigenvalue weighted by atomic mass is 16.5. The van der Waals surface area contributed by atoms with Crippen LogP contribution in [0, 0.1) is 0 Å². The number of carbonyl (C=O) groups is 1. The van der Waals surface area contributed by atoms with E-state index < -0.39 is 0 Å². The summed E-state index contributed by atoms with van der Waals surface area (Å²) in [4.78, 5) is 16.9. The fourth-order valence-electron chi connectivity index (χ4n) is 3.49. The summed E-state index contributed by atoms with van der Waals surface area (Å²) in [6.45, 7) is 2.31. The Labute approximate surface area is 173 Å². The van der Waals surface area contributed by atoms with Gasteiger partial charge in [0.1, 0.15) is 5.75 Å². The highest BCUT2D eigenvalue weighted by molar-refractivity contribution is 5.74. The normalized spacial score (nSPS) is 15.8. The lowest BCUT2D eigenvalue weighted by molar-refractivity contribution is 0.0792. The summed E-state index contributed by atoms with van der Waals surface area (Å²) in [6, 6.07) is 15.9. The first-order chi connectivity index (χ1) is 14.1. The van der Waals surface area contributed by atoms with Crippen LogP contribution < -0.4 is 15.0 Å². The fraction of sp³-hybridized carbons (Fsp3) is 0.435. The van der Waals surface area contributed by atoms with Gasteiger partial charge in [-0.1, -0.05) is 30.3 Å². The molecule has 1 heterocycles. The summed E-state index contributed by atoms with van der Waals surface area (Å²) in [5.74, 6) is 0.789. The van der Waals surface area contributed by atoms with Crippen molar-refractivity contribution in [1.82, 2.24) is 10.2 Å². The van der Waals surface area contributed by atoms with Crippen molar-refractivity contribution >= 4 is 11.7 Å². The maximum Gasteiger partial charge on any atom is 0.318 e. The van der Waals surface area contributed by atoms with Gasteiger partial charge >= 0.3 is 6.03 Å². The maximum atomic E-state index is 13.0. The van der Waals surface area contributed by atoms with Crippen molar-refractivity contribution in [3.05, 3.63) is 59.7 Å². The van der Waals surface area contributed by atoms with Gasteiger partial charge in [0, 0.05) is 45.0 Å². The molecule has 0 aromatic heterocycles. The van der Waals surface area contributed by atoms with Gasteiger partial charge in [0.2, 0.25) is 0 Å². The van der Waals surface area contributed by atoms with Gasteiger partial charge in [0.05, 0.1) is 19.8 Å². The minimum Gasteiger partial charge on any atom is -0.496 e. The van der Waals surface area contributed by atoms with E-state index in [4.69, 9.17) is 9.47 Å². The van der Waals surface area contributed by atoms with E-state index in [-0.39, 0.29) is 12.1 Å². The van der Waals surface area contributed by atoms with Crippen LogP contribution in [-0.4, -0.2) is 51.4 Å². The van der Waals surface area contributed by atoms with Gasteiger partial charge in [-0.15, -0.1) is 0 Å². The van der Waals surface area contributed by atoms with Crippen molar-refractivity contribution in [1.29, 1.82) is 0 Å². The molecular weight excluding hydrogens is 366 g/mol. The Morgan fingerprint density at radius 3 is 2.59 bits per heavy atom. The quantitative estimate of drug-likeness (QED) is 0.739. The van der Waals surface area contributed by atoms with E-state index in [0.29, 0.717) is 19.6 Å². The lowest BCUT2D eigenvalue weighted by Gasteiger charge is -2.26. The minimum absolute atomic E-state index is 0.0924. The molecule has 1 aliphatic heterocycles. The Morgan fingerprint density at radius 1 is 1.17 bits per heavy atom. The summed E-state index contributed by atoms with van der Waals surface area (Å²) < 4.78 is 11.2. The summed E-state index contributed by atoms with van der Waals surface area (Å²) in [7, 11) is 5.68. The van der Waals surface area contributed by atoms with Crippen LogP contribution in [0.25, 0.3) is 0 Å². The van der Waals surface area contributed by atoms with Gasteiger partial charge in [-0.05, 0) is 36.6 Å². The van der Waals surface area contributed by atoms with Gasteiger partial charge in [0.15, 0.2) is 0 Å². The average Bonchev–Trinajstić information content (AvgIpc) is 3.25. The molecule has 0 bridgehead atoms. The van der Waals surface area contributed by atoms with Gasteiger partial charge < -0.3 is 24.6 Å².